The average molecular weight is 303 g/mol. The predicted molar refractivity (Wildman–Crippen MR) is 86.5 cm³/mol. The number of carbonyl (C=O) groups excluding carboxylic acids is 1. The van der Waals surface area contributed by atoms with Gasteiger partial charge in [0.15, 0.2) is 0 Å². The molecule has 4 nitrogen and oxygen atoms in total. The SMILES string of the molecule is Cc1cccc(C(C)(C)CNC(=O)c2csc(CN)n2)c1. The number of hydrogen-bond donors (Lipinski definition) is 2. The number of aryl methyl sites for hydroxylation is 1. The standard InChI is InChI=1S/C16H21N3OS/c1-11-5-4-6-12(7-11)16(2,3)10-18-15(20)13-9-21-14(8-17)19-13/h4-7,9H,8,10,17H2,1-3H3,(H,18,20). The van der Waals surface area contributed by atoms with Crippen LogP contribution in [0.25, 0.3) is 0 Å². The minimum absolute atomic E-state index is 0.131. The molecule has 0 aliphatic rings. The fraction of sp³-hybridized carbons (Fsp3) is 0.375. The molecule has 0 bridgehead atoms. The lowest BCUT2D eigenvalue weighted by Gasteiger charge is -2.26. The number of nitrogens with two attached hydrogens (primary N) is 1. The summed E-state index contributed by atoms with van der Waals surface area (Å²) < 4.78 is 0. The molecule has 2 rings (SSSR count). The minimum Gasteiger partial charge on any atom is -0.350 e. The lowest BCUT2D eigenvalue weighted by atomic mass is 9.84. The first-order valence-corrected chi connectivity index (χ1v) is 7.80. The molecule has 0 saturated carbocycles. The summed E-state index contributed by atoms with van der Waals surface area (Å²) >= 11 is 1.41. The highest BCUT2D eigenvalue weighted by Gasteiger charge is 2.22. The molecule has 2 aromatic rings. The number of thiazole rings is 1. The van der Waals surface area contributed by atoms with Gasteiger partial charge in [0.25, 0.3) is 5.91 Å². The third-order valence-electron chi connectivity index (χ3n) is 3.45. The van der Waals surface area contributed by atoms with Gasteiger partial charge in [-0.05, 0) is 12.5 Å². The van der Waals surface area contributed by atoms with Gasteiger partial charge in [-0.1, -0.05) is 43.7 Å². The van der Waals surface area contributed by atoms with Crippen molar-refractivity contribution in [3.05, 3.63) is 51.5 Å². The molecule has 0 radical (unpaired) electrons. The molecule has 1 amide bonds. The van der Waals surface area contributed by atoms with Crippen molar-refractivity contribution in [2.75, 3.05) is 6.54 Å². The summed E-state index contributed by atoms with van der Waals surface area (Å²) in [4.78, 5) is 16.3. The molecule has 0 fully saturated rings. The zero-order chi connectivity index (χ0) is 15.5. The van der Waals surface area contributed by atoms with E-state index in [0.29, 0.717) is 18.8 Å². The maximum atomic E-state index is 12.1. The van der Waals surface area contributed by atoms with E-state index < -0.39 is 0 Å². The summed E-state index contributed by atoms with van der Waals surface area (Å²) in [7, 11) is 0. The van der Waals surface area contributed by atoms with Gasteiger partial charge in [0, 0.05) is 23.9 Å². The van der Waals surface area contributed by atoms with Gasteiger partial charge in [-0.2, -0.15) is 0 Å². The second-order valence-corrected chi connectivity index (χ2v) is 6.71. The highest BCUT2D eigenvalue weighted by atomic mass is 32.1. The van der Waals surface area contributed by atoms with Crippen LogP contribution >= 0.6 is 11.3 Å². The monoisotopic (exact) mass is 303 g/mol. The summed E-state index contributed by atoms with van der Waals surface area (Å²) in [6, 6.07) is 8.36. The normalized spacial score (nSPS) is 11.4. The van der Waals surface area contributed by atoms with Gasteiger partial charge >= 0.3 is 0 Å². The van der Waals surface area contributed by atoms with E-state index in [4.69, 9.17) is 5.73 Å². The number of nitrogens with one attached hydrogen (secondary N) is 1. The molecule has 0 saturated heterocycles. The van der Waals surface area contributed by atoms with Crippen LogP contribution in [-0.2, 0) is 12.0 Å². The highest BCUT2D eigenvalue weighted by Crippen LogP contribution is 2.23. The number of rotatable bonds is 5. The number of carbonyl (C=O) groups is 1. The van der Waals surface area contributed by atoms with E-state index in [1.807, 2.05) is 6.07 Å². The van der Waals surface area contributed by atoms with Crippen LogP contribution in [0, 0.1) is 6.92 Å². The van der Waals surface area contributed by atoms with E-state index in [1.54, 1.807) is 5.38 Å². The van der Waals surface area contributed by atoms with Crippen LogP contribution in [-0.4, -0.2) is 17.4 Å². The highest BCUT2D eigenvalue weighted by molar-refractivity contribution is 7.09. The van der Waals surface area contributed by atoms with E-state index in [2.05, 4.69) is 49.3 Å². The lowest BCUT2D eigenvalue weighted by Crippen LogP contribution is -2.36. The van der Waals surface area contributed by atoms with Crippen molar-refractivity contribution in [3.8, 4) is 0 Å². The molecule has 0 atom stereocenters. The van der Waals surface area contributed by atoms with Crippen LogP contribution in [0.1, 0.15) is 40.5 Å². The van der Waals surface area contributed by atoms with Crippen molar-refractivity contribution in [1.82, 2.24) is 10.3 Å². The molecule has 1 aromatic heterocycles. The largest absolute Gasteiger partial charge is 0.350 e. The molecule has 0 aliphatic carbocycles. The Morgan fingerprint density at radius 3 is 2.81 bits per heavy atom. The van der Waals surface area contributed by atoms with Crippen LogP contribution < -0.4 is 11.1 Å². The van der Waals surface area contributed by atoms with E-state index in [0.717, 1.165) is 5.01 Å². The smallest absolute Gasteiger partial charge is 0.270 e. The third kappa shape index (κ3) is 3.89. The Morgan fingerprint density at radius 2 is 2.19 bits per heavy atom. The van der Waals surface area contributed by atoms with Crippen molar-refractivity contribution < 1.29 is 4.79 Å². The number of nitrogens with zero attached hydrogens (tertiary/aromatic N) is 1. The zero-order valence-corrected chi connectivity index (χ0v) is 13.5. The van der Waals surface area contributed by atoms with Crippen molar-refractivity contribution in [2.24, 2.45) is 5.73 Å². The van der Waals surface area contributed by atoms with E-state index in [1.165, 1.54) is 22.5 Å². The van der Waals surface area contributed by atoms with Gasteiger partial charge in [0.05, 0.1) is 0 Å². The Bertz CT molecular complexity index is 634. The fourth-order valence-electron chi connectivity index (χ4n) is 2.07. The predicted octanol–water partition coefficient (Wildman–Crippen LogP) is 2.62. The second kappa shape index (κ2) is 6.37. The summed E-state index contributed by atoms with van der Waals surface area (Å²) in [6.45, 7) is 7.24. The Balaban J connectivity index is 2.02. The van der Waals surface area contributed by atoms with Gasteiger partial charge in [-0.3, -0.25) is 4.79 Å². The minimum atomic E-state index is -0.147. The number of benzene rings is 1. The van der Waals surface area contributed by atoms with E-state index >= 15 is 0 Å². The molecule has 21 heavy (non-hydrogen) atoms. The molecule has 1 aromatic carbocycles. The van der Waals surface area contributed by atoms with Crippen LogP contribution in [0.5, 0.6) is 0 Å². The molecule has 5 heteroatoms. The van der Waals surface area contributed by atoms with Crippen LogP contribution in [0.2, 0.25) is 0 Å². The van der Waals surface area contributed by atoms with Gasteiger partial charge in [-0.25, -0.2) is 4.98 Å². The summed E-state index contributed by atoms with van der Waals surface area (Å²) in [5.74, 6) is -0.147. The Labute approximate surface area is 129 Å². The van der Waals surface area contributed by atoms with E-state index in [-0.39, 0.29) is 11.3 Å². The Hall–Kier alpha value is -1.72. The average Bonchev–Trinajstić information content (AvgIpc) is 2.94. The quantitative estimate of drug-likeness (QED) is 0.892. The Morgan fingerprint density at radius 1 is 1.43 bits per heavy atom. The number of hydrogen-bond acceptors (Lipinski definition) is 4. The molecule has 0 spiro atoms. The van der Waals surface area contributed by atoms with Gasteiger partial charge in [0.1, 0.15) is 10.7 Å². The molecule has 1 heterocycles. The summed E-state index contributed by atoms with van der Waals surface area (Å²) in [5, 5.41) is 5.48. The summed E-state index contributed by atoms with van der Waals surface area (Å²) in [5.41, 5.74) is 8.26. The molecule has 112 valence electrons. The van der Waals surface area contributed by atoms with E-state index in [9.17, 15) is 4.79 Å². The van der Waals surface area contributed by atoms with Crippen LogP contribution in [0.4, 0.5) is 0 Å². The molecule has 0 aliphatic heterocycles. The van der Waals surface area contributed by atoms with Crippen LogP contribution in [0.3, 0.4) is 0 Å². The third-order valence-corrected chi connectivity index (χ3v) is 4.32. The fourth-order valence-corrected chi connectivity index (χ4v) is 2.72. The lowest BCUT2D eigenvalue weighted by molar-refractivity contribution is 0.0941. The molecule has 3 N–H and O–H groups in total. The number of amides is 1. The number of aromatic nitrogens is 1. The Kier molecular flexibility index (Phi) is 4.75. The van der Waals surface area contributed by atoms with Crippen molar-refractivity contribution >= 4 is 17.2 Å². The first-order chi connectivity index (χ1) is 9.92. The molecular formula is C16H21N3OS. The maximum absolute atomic E-state index is 12.1. The van der Waals surface area contributed by atoms with Crippen molar-refractivity contribution in [3.63, 3.8) is 0 Å². The van der Waals surface area contributed by atoms with Gasteiger partial charge in [0.2, 0.25) is 0 Å². The van der Waals surface area contributed by atoms with Crippen molar-refractivity contribution in [2.45, 2.75) is 32.7 Å². The first kappa shape index (κ1) is 15.7. The van der Waals surface area contributed by atoms with Crippen LogP contribution in [0.15, 0.2) is 29.6 Å². The first-order valence-electron chi connectivity index (χ1n) is 6.92. The summed E-state index contributed by atoms with van der Waals surface area (Å²) in [6.07, 6.45) is 0. The maximum Gasteiger partial charge on any atom is 0.270 e. The van der Waals surface area contributed by atoms with Crippen molar-refractivity contribution in [1.29, 1.82) is 0 Å². The topological polar surface area (TPSA) is 68.0 Å². The van der Waals surface area contributed by atoms with Gasteiger partial charge in [-0.15, -0.1) is 11.3 Å². The molecule has 0 unspecified atom stereocenters. The molecular weight excluding hydrogens is 282 g/mol. The van der Waals surface area contributed by atoms with Gasteiger partial charge < -0.3 is 11.1 Å². The zero-order valence-electron chi connectivity index (χ0n) is 12.6. The second-order valence-electron chi connectivity index (χ2n) is 5.77.